The number of nitrogens with zero attached hydrogens (tertiary/aromatic N) is 1. The molecular formula is C34H38N4O8S2. The SMILES string of the molecule is CC(C)[C@H](C(=O)NOCc1ccccc1)N(CC(=O)NCCc1ccc(S(N)(=O)=O)cc1)S(=O)(=O)c1ccc(Oc2ccccc2)cc1. The van der Waals surface area contributed by atoms with Gasteiger partial charge >= 0.3 is 0 Å². The zero-order valence-electron chi connectivity index (χ0n) is 26.5. The zero-order chi connectivity index (χ0) is 34.7. The summed E-state index contributed by atoms with van der Waals surface area (Å²) in [6.45, 7) is 2.84. The fraction of sp³-hybridized carbons (Fsp3) is 0.235. The molecule has 2 amide bonds. The van der Waals surface area contributed by atoms with E-state index in [1.165, 1.54) is 36.4 Å². The van der Waals surface area contributed by atoms with Crippen molar-refractivity contribution in [3.63, 3.8) is 0 Å². The first-order valence-corrected chi connectivity index (χ1v) is 18.0. The Balaban J connectivity index is 1.52. The third-order valence-electron chi connectivity index (χ3n) is 7.16. The van der Waals surface area contributed by atoms with Crippen LogP contribution >= 0.6 is 0 Å². The number of sulfonamides is 2. The summed E-state index contributed by atoms with van der Waals surface area (Å²) in [4.78, 5) is 31.9. The van der Waals surface area contributed by atoms with E-state index in [2.05, 4.69) is 10.8 Å². The van der Waals surface area contributed by atoms with E-state index in [1.807, 2.05) is 48.5 Å². The number of hydrogen-bond donors (Lipinski definition) is 3. The number of ether oxygens (including phenoxy) is 1. The smallest absolute Gasteiger partial charge is 0.262 e. The Labute approximate surface area is 280 Å². The average molecular weight is 695 g/mol. The predicted molar refractivity (Wildman–Crippen MR) is 179 cm³/mol. The van der Waals surface area contributed by atoms with Gasteiger partial charge in [-0.05, 0) is 72.0 Å². The quantitative estimate of drug-likeness (QED) is 0.149. The molecule has 0 aliphatic rings. The largest absolute Gasteiger partial charge is 0.457 e. The van der Waals surface area contributed by atoms with Crippen LogP contribution in [0.1, 0.15) is 25.0 Å². The lowest BCUT2D eigenvalue weighted by molar-refractivity contribution is -0.140. The number of hydrogen-bond acceptors (Lipinski definition) is 8. The number of nitrogens with one attached hydrogen (secondary N) is 2. The van der Waals surface area contributed by atoms with Crippen molar-refractivity contribution in [2.24, 2.45) is 11.1 Å². The van der Waals surface area contributed by atoms with Gasteiger partial charge in [0.05, 0.1) is 22.9 Å². The molecule has 0 heterocycles. The van der Waals surface area contributed by atoms with Crippen molar-refractivity contribution >= 4 is 31.9 Å². The predicted octanol–water partition coefficient (Wildman–Crippen LogP) is 3.75. The molecule has 14 heteroatoms. The maximum atomic E-state index is 14.1. The fourth-order valence-electron chi connectivity index (χ4n) is 4.75. The number of nitrogens with two attached hydrogens (primary N) is 1. The van der Waals surface area contributed by atoms with Crippen molar-refractivity contribution in [2.45, 2.75) is 42.7 Å². The molecule has 4 aromatic carbocycles. The Hall–Kier alpha value is -4.60. The van der Waals surface area contributed by atoms with Crippen LogP contribution in [0.5, 0.6) is 11.5 Å². The van der Waals surface area contributed by atoms with Gasteiger partial charge < -0.3 is 10.1 Å². The first kappa shape index (κ1) is 36.2. The molecule has 48 heavy (non-hydrogen) atoms. The van der Waals surface area contributed by atoms with E-state index in [-0.39, 0.29) is 22.9 Å². The molecule has 12 nitrogen and oxygen atoms in total. The van der Waals surface area contributed by atoms with Gasteiger partial charge in [-0.25, -0.2) is 27.5 Å². The van der Waals surface area contributed by atoms with Crippen LogP contribution in [0.25, 0.3) is 0 Å². The summed E-state index contributed by atoms with van der Waals surface area (Å²) >= 11 is 0. The van der Waals surface area contributed by atoms with Gasteiger partial charge in [-0.2, -0.15) is 4.31 Å². The standard InChI is InChI=1S/C34H38N4O8S2/c1-25(2)33(34(40)37-45-24-27-9-5-3-6-10-27)38(23-32(39)36-22-21-26-13-17-30(18-14-26)47(35,41)42)48(43,44)31-19-15-29(16-20-31)46-28-11-7-4-8-12-28/h3-20,25,33H,21-24H2,1-2H3,(H,36,39)(H,37,40)(H2,35,41,42)/t33-/m1/s1. The monoisotopic (exact) mass is 694 g/mol. The van der Waals surface area contributed by atoms with E-state index in [9.17, 15) is 26.4 Å². The lowest BCUT2D eigenvalue weighted by atomic mass is 10.0. The summed E-state index contributed by atoms with van der Waals surface area (Å²) in [6, 6.07) is 28.3. The summed E-state index contributed by atoms with van der Waals surface area (Å²) in [5.74, 6) is -0.984. The normalized spacial score (nSPS) is 12.4. The molecule has 0 fully saturated rings. The van der Waals surface area contributed by atoms with Crippen LogP contribution in [-0.4, -0.2) is 52.1 Å². The molecule has 0 spiro atoms. The summed E-state index contributed by atoms with van der Waals surface area (Å²) in [7, 11) is -8.26. The van der Waals surface area contributed by atoms with E-state index in [0.29, 0.717) is 17.9 Å². The summed E-state index contributed by atoms with van der Waals surface area (Å²) in [5.41, 5.74) is 3.87. The van der Waals surface area contributed by atoms with Crippen LogP contribution in [0, 0.1) is 5.92 Å². The molecule has 0 aromatic heterocycles. The summed E-state index contributed by atoms with van der Waals surface area (Å²) in [6.07, 6.45) is 0.327. The van der Waals surface area contributed by atoms with E-state index in [1.54, 1.807) is 38.1 Å². The minimum Gasteiger partial charge on any atom is -0.457 e. The van der Waals surface area contributed by atoms with Crippen LogP contribution in [0.15, 0.2) is 119 Å². The van der Waals surface area contributed by atoms with Crippen molar-refractivity contribution in [1.82, 2.24) is 15.1 Å². The Bertz CT molecular complexity index is 1870. The molecule has 1 atom stereocenters. The third-order valence-corrected chi connectivity index (χ3v) is 9.93. The van der Waals surface area contributed by atoms with Gasteiger partial charge in [-0.3, -0.25) is 14.4 Å². The van der Waals surface area contributed by atoms with E-state index >= 15 is 0 Å². The number of hydroxylamine groups is 1. The van der Waals surface area contributed by atoms with Crippen LogP contribution in [0.3, 0.4) is 0 Å². The molecule has 0 saturated carbocycles. The number of amides is 2. The minimum atomic E-state index is -4.42. The molecule has 4 N–H and O–H groups in total. The first-order chi connectivity index (χ1) is 22.8. The molecule has 0 aliphatic carbocycles. The van der Waals surface area contributed by atoms with Gasteiger partial charge in [0.2, 0.25) is 26.0 Å². The highest BCUT2D eigenvalue weighted by Crippen LogP contribution is 2.26. The van der Waals surface area contributed by atoms with Crippen LogP contribution in [-0.2, 0) is 47.5 Å². The second-order valence-corrected chi connectivity index (χ2v) is 14.6. The maximum Gasteiger partial charge on any atom is 0.262 e. The van der Waals surface area contributed by atoms with Gasteiger partial charge in [-0.1, -0.05) is 74.5 Å². The van der Waals surface area contributed by atoms with E-state index in [4.69, 9.17) is 14.7 Å². The molecule has 4 rings (SSSR count). The zero-order valence-corrected chi connectivity index (χ0v) is 28.1. The molecule has 0 bridgehead atoms. The highest BCUT2D eigenvalue weighted by Gasteiger charge is 2.39. The van der Waals surface area contributed by atoms with E-state index in [0.717, 1.165) is 15.4 Å². The van der Waals surface area contributed by atoms with Gasteiger partial charge in [0.25, 0.3) is 5.91 Å². The van der Waals surface area contributed by atoms with Crippen molar-refractivity contribution in [3.8, 4) is 11.5 Å². The van der Waals surface area contributed by atoms with Crippen molar-refractivity contribution in [3.05, 3.63) is 120 Å². The maximum absolute atomic E-state index is 14.1. The molecule has 254 valence electrons. The lowest BCUT2D eigenvalue weighted by Crippen LogP contribution is -2.55. The number of benzene rings is 4. The van der Waals surface area contributed by atoms with Crippen LogP contribution in [0.2, 0.25) is 0 Å². The van der Waals surface area contributed by atoms with Crippen molar-refractivity contribution in [1.29, 1.82) is 0 Å². The van der Waals surface area contributed by atoms with Gasteiger partial charge in [0.1, 0.15) is 17.5 Å². The second-order valence-electron chi connectivity index (χ2n) is 11.2. The number of primary sulfonamides is 1. The highest BCUT2D eigenvalue weighted by molar-refractivity contribution is 7.89. The molecular weight excluding hydrogens is 657 g/mol. The van der Waals surface area contributed by atoms with Gasteiger partial charge in [-0.15, -0.1) is 0 Å². The number of carbonyl (C=O) groups excluding carboxylic acids is 2. The van der Waals surface area contributed by atoms with Crippen LogP contribution in [0.4, 0.5) is 0 Å². The molecule has 0 unspecified atom stereocenters. The van der Waals surface area contributed by atoms with Gasteiger partial charge in [0, 0.05) is 6.54 Å². The molecule has 0 radical (unpaired) electrons. The Morgan fingerprint density at radius 2 is 1.31 bits per heavy atom. The summed E-state index contributed by atoms with van der Waals surface area (Å²) < 4.78 is 57.9. The fourth-order valence-corrected chi connectivity index (χ4v) is 6.94. The lowest BCUT2D eigenvalue weighted by Gasteiger charge is -2.32. The third kappa shape index (κ3) is 10.2. The first-order valence-electron chi connectivity index (χ1n) is 15.0. The van der Waals surface area contributed by atoms with Crippen molar-refractivity contribution < 1.29 is 36.0 Å². The topological polar surface area (TPSA) is 174 Å². The van der Waals surface area contributed by atoms with Crippen LogP contribution < -0.4 is 20.7 Å². The second kappa shape index (κ2) is 16.5. The number of rotatable bonds is 16. The molecule has 4 aromatic rings. The minimum absolute atomic E-state index is 0.0402. The molecule has 0 aliphatic heterocycles. The summed E-state index contributed by atoms with van der Waals surface area (Å²) in [5, 5.41) is 7.84. The highest BCUT2D eigenvalue weighted by atomic mass is 32.2. The van der Waals surface area contributed by atoms with E-state index < -0.39 is 50.4 Å². The Morgan fingerprint density at radius 1 is 0.750 bits per heavy atom. The number of para-hydroxylation sites is 1. The van der Waals surface area contributed by atoms with Crippen molar-refractivity contribution in [2.75, 3.05) is 13.1 Å². The number of carbonyl (C=O) groups is 2. The Morgan fingerprint density at radius 3 is 1.90 bits per heavy atom. The molecule has 0 saturated heterocycles. The average Bonchev–Trinajstić information content (AvgIpc) is 3.05. The Kier molecular flexibility index (Phi) is 12.4. The van der Waals surface area contributed by atoms with Gasteiger partial charge in [0.15, 0.2) is 0 Å².